The lowest BCUT2D eigenvalue weighted by Gasteiger charge is -2.16. The normalized spacial score (nSPS) is 21.6. The Bertz CT molecular complexity index is 724. The van der Waals surface area contributed by atoms with Gasteiger partial charge in [-0.1, -0.05) is 6.07 Å². The molecule has 0 aliphatic carbocycles. The number of benzene rings is 1. The quantitative estimate of drug-likeness (QED) is 0.857. The number of nitrogens with zero attached hydrogens (tertiary/aromatic N) is 3. The molecule has 2 heterocycles. The summed E-state index contributed by atoms with van der Waals surface area (Å²) in [6.07, 6.45) is 0.0857. The highest BCUT2D eigenvalue weighted by Gasteiger charge is 2.35. The first-order chi connectivity index (χ1) is 11.8. The topological polar surface area (TPSA) is 49.2 Å². The fourth-order valence-electron chi connectivity index (χ4n) is 3.12. The summed E-state index contributed by atoms with van der Waals surface area (Å²) in [5.41, 5.74) is -0.0509. The van der Waals surface area contributed by atoms with Crippen molar-refractivity contribution in [3.63, 3.8) is 0 Å². The largest absolute Gasteiger partial charge is 0.419 e. The van der Waals surface area contributed by atoms with Crippen LogP contribution < -0.4 is 0 Å². The number of hydrogen-bond donors (Lipinski definition) is 1. The van der Waals surface area contributed by atoms with Crippen molar-refractivity contribution in [1.82, 2.24) is 14.9 Å². The maximum absolute atomic E-state index is 13.7. The Morgan fingerprint density at radius 3 is 2.64 bits per heavy atom. The molecule has 4 nitrogen and oxygen atoms in total. The second-order valence-electron chi connectivity index (χ2n) is 6.23. The van der Waals surface area contributed by atoms with Crippen molar-refractivity contribution in [3.8, 4) is 0 Å². The maximum atomic E-state index is 13.7. The number of hydrogen-bond acceptors (Lipinski definition) is 4. The Kier molecular flexibility index (Phi) is 5.01. The Morgan fingerprint density at radius 2 is 2.00 bits per heavy atom. The number of β-amino-alcohol motifs (C(OH)–C–C–N with tert-alkyl or cyclic N) is 1. The molecule has 2 aromatic rings. The summed E-state index contributed by atoms with van der Waals surface area (Å²) >= 11 is 0. The summed E-state index contributed by atoms with van der Waals surface area (Å²) in [5, 5.41) is 10.2. The van der Waals surface area contributed by atoms with Gasteiger partial charge in [0.2, 0.25) is 0 Å². The lowest BCUT2D eigenvalue weighted by atomic mass is 10.0. The van der Waals surface area contributed by atoms with Crippen LogP contribution >= 0.6 is 0 Å². The predicted octanol–water partition coefficient (Wildman–Crippen LogP) is 2.67. The van der Waals surface area contributed by atoms with Gasteiger partial charge in [-0.3, -0.25) is 14.9 Å². The highest BCUT2D eigenvalue weighted by molar-refractivity contribution is 5.26. The third kappa shape index (κ3) is 4.32. The Balaban J connectivity index is 1.63. The van der Waals surface area contributed by atoms with Crippen LogP contribution in [0.25, 0.3) is 0 Å². The van der Waals surface area contributed by atoms with Crippen LogP contribution in [-0.4, -0.2) is 39.2 Å². The first-order valence-corrected chi connectivity index (χ1v) is 7.84. The summed E-state index contributed by atoms with van der Waals surface area (Å²) in [5.74, 6) is -1.32. The molecule has 0 amide bonds. The number of likely N-dealkylation sites (tertiary alicyclic amines) is 1. The van der Waals surface area contributed by atoms with Gasteiger partial charge in [0.15, 0.2) is 0 Å². The van der Waals surface area contributed by atoms with Gasteiger partial charge in [-0.15, -0.1) is 0 Å². The SMILES string of the molecule is O[C@@H]1CN(Cc2ccc(C(F)(F)F)c(F)c2)C[C@H]1Cc1cnccn1. The van der Waals surface area contributed by atoms with Gasteiger partial charge < -0.3 is 5.11 Å². The van der Waals surface area contributed by atoms with Gasteiger partial charge in [-0.05, 0) is 24.1 Å². The van der Waals surface area contributed by atoms with Crippen LogP contribution in [-0.2, 0) is 19.1 Å². The predicted molar refractivity (Wildman–Crippen MR) is 81.9 cm³/mol. The van der Waals surface area contributed by atoms with E-state index in [4.69, 9.17) is 0 Å². The van der Waals surface area contributed by atoms with Crippen molar-refractivity contribution in [3.05, 3.63) is 59.4 Å². The van der Waals surface area contributed by atoms with E-state index in [0.29, 0.717) is 25.1 Å². The van der Waals surface area contributed by atoms with Gasteiger partial charge in [-0.25, -0.2) is 4.39 Å². The zero-order valence-electron chi connectivity index (χ0n) is 13.2. The average molecular weight is 355 g/mol. The molecule has 1 aliphatic rings. The highest BCUT2D eigenvalue weighted by Crippen LogP contribution is 2.32. The highest BCUT2D eigenvalue weighted by atomic mass is 19.4. The van der Waals surface area contributed by atoms with Crippen molar-refractivity contribution < 1.29 is 22.7 Å². The van der Waals surface area contributed by atoms with Crippen molar-refractivity contribution in [2.45, 2.75) is 25.2 Å². The van der Waals surface area contributed by atoms with E-state index in [1.165, 1.54) is 6.07 Å². The fourth-order valence-corrected chi connectivity index (χ4v) is 3.12. The number of alkyl halides is 3. The summed E-state index contributed by atoms with van der Waals surface area (Å²) in [4.78, 5) is 10.1. The number of aliphatic hydroxyl groups is 1. The van der Waals surface area contributed by atoms with Crippen molar-refractivity contribution in [2.75, 3.05) is 13.1 Å². The van der Waals surface area contributed by atoms with Crippen molar-refractivity contribution >= 4 is 0 Å². The third-order valence-corrected chi connectivity index (χ3v) is 4.32. The maximum Gasteiger partial charge on any atom is 0.419 e. The van der Waals surface area contributed by atoms with Gasteiger partial charge in [0.1, 0.15) is 5.82 Å². The van der Waals surface area contributed by atoms with E-state index in [1.54, 1.807) is 18.6 Å². The molecule has 1 aliphatic heterocycles. The van der Waals surface area contributed by atoms with Gasteiger partial charge in [0.25, 0.3) is 0 Å². The zero-order chi connectivity index (χ0) is 18.0. The van der Waals surface area contributed by atoms with E-state index in [1.807, 2.05) is 4.90 Å². The van der Waals surface area contributed by atoms with Crippen LogP contribution in [0.3, 0.4) is 0 Å². The van der Waals surface area contributed by atoms with Crippen LogP contribution in [0.4, 0.5) is 17.6 Å². The summed E-state index contributed by atoms with van der Waals surface area (Å²) in [6.45, 7) is 1.22. The van der Waals surface area contributed by atoms with Crippen LogP contribution in [0.5, 0.6) is 0 Å². The average Bonchev–Trinajstić information content (AvgIpc) is 2.86. The summed E-state index contributed by atoms with van der Waals surface area (Å²) in [6, 6.07) is 2.94. The summed E-state index contributed by atoms with van der Waals surface area (Å²) in [7, 11) is 0. The first-order valence-electron chi connectivity index (χ1n) is 7.84. The molecule has 25 heavy (non-hydrogen) atoms. The number of rotatable bonds is 4. The minimum absolute atomic E-state index is 0.0454. The molecule has 134 valence electrons. The lowest BCUT2D eigenvalue weighted by Crippen LogP contribution is -2.21. The van der Waals surface area contributed by atoms with E-state index >= 15 is 0 Å². The molecule has 0 radical (unpaired) electrons. The second-order valence-corrected chi connectivity index (χ2v) is 6.23. The van der Waals surface area contributed by atoms with E-state index < -0.39 is 23.7 Å². The van der Waals surface area contributed by atoms with Crippen LogP contribution in [0, 0.1) is 11.7 Å². The minimum Gasteiger partial charge on any atom is -0.391 e. The molecule has 0 spiro atoms. The monoisotopic (exact) mass is 355 g/mol. The van der Waals surface area contributed by atoms with Crippen molar-refractivity contribution in [2.24, 2.45) is 5.92 Å². The Labute approximate surface area is 142 Å². The molecule has 0 bridgehead atoms. The minimum atomic E-state index is -4.70. The third-order valence-electron chi connectivity index (χ3n) is 4.32. The van der Waals surface area contributed by atoms with E-state index in [2.05, 4.69) is 9.97 Å². The first kappa shape index (κ1) is 17.8. The number of halogens is 4. The lowest BCUT2D eigenvalue weighted by molar-refractivity contribution is -0.140. The molecule has 0 unspecified atom stereocenters. The molecular weight excluding hydrogens is 338 g/mol. The molecule has 3 rings (SSSR count). The molecule has 1 fully saturated rings. The molecule has 0 saturated carbocycles. The van der Waals surface area contributed by atoms with E-state index in [-0.39, 0.29) is 12.5 Å². The number of aliphatic hydroxyl groups excluding tert-OH is 1. The van der Waals surface area contributed by atoms with Gasteiger partial charge in [0, 0.05) is 44.1 Å². The molecule has 2 atom stereocenters. The zero-order valence-corrected chi connectivity index (χ0v) is 13.2. The van der Waals surface area contributed by atoms with E-state index in [0.717, 1.165) is 17.8 Å². The van der Waals surface area contributed by atoms with Crippen LogP contribution in [0.15, 0.2) is 36.8 Å². The molecular formula is C17H17F4N3O. The molecule has 1 aromatic carbocycles. The fraction of sp³-hybridized carbons (Fsp3) is 0.412. The Morgan fingerprint density at radius 1 is 1.20 bits per heavy atom. The Hall–Kier alpha value is -2.06. The molecule has 8 heteroatoms. The van der Waals surface area contributed by atoms with Crippen molar-refractivity contribution in [1.29, 1.82) is 0 Å². The van der Waals surface area contributed by atoms with E-state index in [9.17, 15) is 22.7 Å². The van der Waals surface area contributed by atoms with Crippen LogP contribution in [0.2, 0.25) is 0 Å². The second kappa shape index (κ2) is 7.05. The summed E-state index contributed by atoms with van der Waals surface area (Å²) < 4.78 is 51.5. The van der Waals surface area contributed by atoms with Crippen LogP contribution in [0.1, 0.15) is 16.8 Å². The molecule has 1 aromatic heterocycles. The molecule has 1 saturated heterocycles. The standard InChI is InChI=1S/C17H17F4N3O/c18-15-5-11(1-2-14(15)17(19,20)21)8-24-9-12(16(25)10-24)6-13-7-22-3-4-23-13/h1-5,7,12,16,25H,6,8-10H2/t12-,16-/m1/s1. The number of aromatic nitrogens is 2. The van der Waals surface area contributed by atoms with Gasteiger partial charge >= 0.3 is 6.18 Å². The van der Waals surface area contributed by atoms with Gasteiger partial charge in [0.05, 0.1) is 17.4 Å². The van der Waals surface area contributed by atoms with Gasteiger partial charge in [-0.2, -0.15) is 13.2 Å². The smallest absolute Gasteiger partial charge is 0.391 e. The molecule has 1 N–H and O–H groups in total.